The number of nitrogens with zero attached hydrogens (tertiary/aromatic N) is 4. The molecule has 27 heavy (non-hydrogen) atoms. The molecule has 3 heterocycles. The van der Waals surface area contributed by atoms with Gasteiger partial charge < -0.3 is 9.72 Å². The first-order valence-corrected chi connectivity index (χ1v) is 7.61. The topological polar surface area (TPSA) is 122 Å². The molecule has 0 fully saturated rings. The zero-order valence-electron chi connectivity index (χ0n) is 14.0. The molecule has 0 unspecified atom stereocenters. The molecule has 9 nitrogen and oxygen atoms in total. The number of pyridine rings is 2. The van der Waals surface area contributed by atoms with E-state index in [-0.39, 0.29) is 16.8 Å². The number of amides is 1. The van der Waals surface area contributed by atoms with Crippen LogP contribution in [-0.4, -0.2) is 39.2 Å². The van der Waals surface area contributed by atoms with E-state index in [9.17, 15) is 14.0 Å². The Morgan fingerprint density at radius 2 is 2.19 bits per heavy atom. The lowest BCUT2D eigenvalue weighted by molar-refractivity contribution is 0.0950. The molecular formula is C17H13FN6O3. The summed E-state index contributed by atoms with van der Waals surface area (Å²) in [5.74, 6) is -1.04. The molecule has 3 aromatic rings. The standard InChI is InChI=1S/C17H13FN6O3/c1-27-12-4-11(16(18)21-7-12)6-22-24-17(26)14-9-19-8-13(23-14)10-2-3-15(25)20-5-10/h2-9H,1H3,(H,20,25)(H,24,26)/b22-6+. The summed E-state index contributed by atoms with van der Waals surface area (Å²) in [4.78, 5) is 37.4. The largest absolute Gasteiger partial charge is 0.495 e. The molecule has 3 rings (SSSR count). The fraction of sp³-hybridized carbons (Fsp3) is 0.0588. The molecule has 0 aliphatic rings. The Hall–Kier alpha value is -3.95. The first kappa shape index (κ1) is 17.9. The Morgan fingerprint density at radius 3 is 2.93 bits per heavy atom. The summed E-state index contributed by atoms with van der Waals surface area (Å²) in [6.45, 7) is 0. The van der Waals surface area contributed by atoms with Crippen molar-refractivity contribution in [2.24, 2.45) is 5.10 Å². The SMILES string of the molecule is COc1cnc(F)c(/C=N/NC(=O)c2cncc(-c3ccc(=O)[nH]c3)n2)c1. The summed E-state index contributed by atoms with van der Waals surface area (Å²) in [5, 5.41) is 3.69. The molecule has 0 atom stereocenters. The van der Waals surface area contributed by atoms with Gasteiger partial charge in [0.1, 0.15) is 11.4 Å². The van der Waals surface area contributed by atoms with Crippen LogP contribution in [0.1, 0.15) is 16.1 Å². The fourth-order valence-corrected chi connectivity index (χ4v) is 2.05. The molecule has 3 aromatic heterocycles. The minimum atomic E-state index is -0.756. The molecule has 0 saturated carbocycles. The van der Waals surface area contributed by atoms with Crippen molar-refractivity contribution in [3.8, 4) is 17.0 Å². The predicted molar refractivity (Wildman–Crippen MR) is 93.9 cm³/mol. The maximum Gasteiger partial charge on any atom is 0.291 e. The highest BCUT2D eigenvalue weighted by molar-refractivity contribution is 5.93. The third-order valence-electron chi connectivity index (χ3n) is 3.39. The quantitative estimate of drug-likeness (QED) is 0.396. The molecule has 0 spiro atoms. The number of rotatable bonds is 5. The van der Waals surface area contributed by atoms with E-state index in [1.54, 1.807) is 6.07 Å². The van der Waals surface area contributed by atoms with E-state index in [0.717, 1.165) is 6.21 Å². The molecule has 1 amide bonds. The molecule has 0 saturated heterocycles. The van der Waals surface area contributed by atoms with Gasteiger partial charge in [0.05, 0.1) is 43.2 Å². The molecule has 2 N–H and O–H groups in total. The molecule has 136 valence electrons. The van der Waals surface area contributed by atoms with Crippen LogP contribution in [0.3, 0.4) is 0 Å². The van der Waals surface area contributed by atoms with Gasteiger partial charge in [-0.3, -0.25) is 14.6 Å². The lowest BCUT2D eigenvalue weighted by atomic mass is 10.2. The van der Waals surface area contributed by atoms with E-state index in [2.05, 4.69) is 30.5 Å². The van der Waals surface area contributed by atoms with E-state index in [0.29, 0.717) is 17.0 Å². The maximum atomic E-state index is 13.6. The Labute approximate surface area is 152 Å². The second-order valence-corrected chi connectivity index (χ2v) is 5.19. The van der Waals surface area contributed by atoms with Crippen molar-refractivity contribution in [2.75, 3.05) is 7.11 Å². The van der Waals surface area contributed by atoms with Crippen molar-refractivity contribution >= 4 is 12.1 Å². The van der Waals surface area contributed by atoms with Crippen LogP contribution in [0.25, 0.3) is 11.3 Å². The number of halogens is 1. The van der Waals surface area contributed by atoms with Crippen LogP contribution >= 0.6 is 0 Å². The number of hydrogen-bond acceptors (Lipinski definition) is 7. The number of ether oxygens (including phenoxy) is 1. The van der Waals surface area contributed by atoms with Gasteiger partial charge >= 0.3 is 0 Å². The molecule has 0 aliphatic carbocycles. The molecule has 0 aliphatic heterocycles. The Morgan fingerprint density at radius 1 is 1.33 bits per heavy atom. The van der Waals surface area contributed by atoms with Crippen LogP contribution in [0.2, 0.25) is 0 Å². The maximum absolute atomic E-state index is 13.6. The highest BCUT2D eigenvalue weighted by atomic mass is 19.1. The van der Waals surface area contributed by atoms with Gasteiger partial charge in [0, 0.05) is 17.8 Å². The van der Waals surface area contributed by atoms with Crippen molar-refractivity contribution < 1.29 is 13.9 Å². The van der Waals surface area contributed by atoms with Gasteiger partial charge in [-0.05, 0) is 12.1 Å². The first-order chi connectivity index (χ1) is 13.1. The van der Waals surface area contributed by atoms with Crippen LogP contribution < -0.4 is 15.7 Å². The van der Waals surface area contributed by atoms with Gasteiger partial charge in [-0.15, -0.1) is 0 Å². The summed E-state index contributed by atoms with van der Waals surface area (Å²) >= 11 is 0. The van der Waals surface area contributed by atoms with Crippen molar-refractivity contribution in [3.05, 3.63) is 70.5 Å². The number of hydrazone groups is 1. The average molecular weight is 368 g/mol. The second kappa shape index (κ2) is 7.95. The smallest absolute Gasteiger partial charge is 0.291 e. The van der Waals surface area contributed by atoms with Crippen LogP contribution in [0.15, 0.2) is 52.9 Å². The van der Waals surface area contributed by atoms with Crippen molar-refractivity contribution in [1.29, 1.82) is 0 Å². The third-order valence-corrected chi connectivity index (χ3v) is 3.39. The predicted octanol–water partition coefficient (Wildman–Crippen LogP) is 1.14. The Kier molecular flexibility index (Phi) is 5.26. The van der Waals surface area contributed by atoms with Gasteiger partial charge in [-0.1, -0.05) is 0 Å². The zero-order chi connectivity index (χ0) is 19.2. The van der Waals surface area contributed by atoms with Gasteiger partial charge in [-0.2, -0.15) is 9.49 Å². The summed E-state index contributed by atoms with van der Waals surface area (Å²) in [6, 6.07) is 4.28. The molecule has 0 bridgehead atoms. The van der Waals surface area contributed by atoms with E-state index in [4.69, 9.17) is 4.74 Å². The molecule has 10 heteroatoms. The minimum Gasteiger partial charge on any atom is -0.495 e. The fourth-order valence-electron chi connectivity index (χ4n) is 2.05. The second-order valence-electron chi connectivity index (χ2n) is 5.19. The van der Waals surface area contributed by atoms with Crippen molar-refractivity contribution in [3.63, 3.8) is 0 Å². The van der Waals surface area contributed by atoms with E-state index in [1.807, 2.05) is 0 Å². The van der Waals surface area contributed by atoms with Crippen LogP contribution in [0.5, 0.6) is 5.75 Å². The lowest BCUT2D eigenvalue weighted by Crippen LogP contribution is -2.19. The van der Waals surface area contributed by atoms with Crippen molar-refractivity contribution in [2.45, 2.75) is 0 Å². The number of aromatic nitrogens is 4. The average Bonchev–Trinajstić information content (AvgIpc) is 2.70. The number of hydrogen-bond donors (Lipinski definition) is 2. The first-order valence-electron chi connectivity index (χ1n) is 7.61. The number of carbonyl (C=O) groups excluding carboxylic acids is 1. The van der Waals surface area contributed by atoms with Crippen LogP contribution in [-0.2, 0) is 0 Å². The number of nitrogens with one attached hydrogen (secondary N) is 2. The Balaban J connectivity index is 1.74. The summed E-state index contributed by atoms with van der Waals surface area (Å²) in [6.07, 6.45) is 6.49. The summed E-state index contributed by atoms with van der Waals surface area (Å²) in [7, 11) is 1.42. The number of methoxy groups -OCH3 is 1. The van der Waals surface area contributed by atoms with Crippen molar-refractivity contribution in [1.82, 2.24) is 25.4 Å². The van der Waals surface area contributed by atoms with E-state index in [1.165, 1.54) is 44.0 Å². The normalized spacial score (nSPS) is 10.7. The summed E-state index contributed by atoms with van der Waals surface area (Å²) in [5.41, 5.74) is 3.01. The highest BCUT2D eigenvalue weighted by Gasteiger charge is 2.10. The van der Waals surface area contributed by atoms with Gasteiger partial charge in [0.15, 0.2) is 0 Å². The van der Waals surface area contributed by atoms with Gasteiger partial charge in [0.2, 0.25) is 11.5 Å². The highest BCUT2D eigenvalue weighted by Crippen LogP contribution is 2.13. The van der Waals surface area contributed by atoms with Gasteiger partial charge in [0.25, 0.3) is 5.91 Å². The Bertz CT molecular complexity index is 1050. The molecule has 0 aromatic carbocycles. The lowest BCUT2D eigenvalue weighted by Gasteiger charge is -2.03. The zero-order valence-corrected chi connectivity index (χ0v) is 14.0. The molecular weight excluding hydrogens is 355 g/mol. The molecule has 0 radical (unpaired) electrons. The van der Waals surface area contributed by atoms with Crippen LogP contribution in [0.4, 0.5) is 4.39 Å². The number of H-pyrrole nitrogens is 1. The monoisotopic (exact) mass is 368 g/mol. The van der Waals surface area contributed by atoms with Gasteiger partial charge in [-0.25, -0.2) is 15.4 Å². The third kappa shape index (κ3) is 4.37. The summed E-state index contributed by atoms with van der Waals surface area (Å²) < 4.78 is 18.6. The number of aromatic amines is 1. The number of carbonyl (C=O) groups is 1. The van der Waals surface area contributed by atoms with Crippen LogP contribution in [0, 0.1) is 5.95 Å². The minimum absolute atomic E-state index is 0.0000826. The van der Waals surface area contributed by atoms with E-state index < -0.39 is 11.9 Å². The van der Waals surface area contributed by atoms with E-state index >= 15 is 0 Å².